The normalized spacial score (nSPS) is 21.9. The number of pyridine rings is 1. The van der Waals surface area contributed by atoms with Gasteiger partial charge in [-0.3, -0.25) is 9.36 Å². The van der Waals surface area contributed by atoms with Gasteiger partial charge in [0.15, 0.2) is 6.29 Å². The molecule has 0 bridgehead atoms. The van der Waals surface area contributed by atoms with Crippen LogP contribution in [-0.4, -0.2) is 33.3 Å². The first-order valence-electron chi connectivity index (χ1n) is 10.5. The molecule has 0 spiro atoms. The van der Waals surface area contributed by atoms with Gasteiger partial charge in [-0.15, -0.1) is 0 Å². The summed E-state index contributed by atoms with van der Waals surface area (Å²) in [4.78, 5) is 13.5. The van der Waals surface area contributed by atoms with E-state index >= 15 is 0 Å². The second-order valence-corrected chi connectivity index (χ2v) is 8.23. The van der Waals surface area contributed by atoms with Gasteiger partial charge >= 0.3 is 0 Å². The Labute approximate surface area is 180 Å². The van der Waals surface area contributed by atoms with E-state index < -0.39 is 18.5 Å². The summed E-state index contributed by atoms with van der Waals surface area (Å²) in [5, 5.41) is 21.3. The quantitative estimate of drug-likeness (QED) is 0.662. The highest BCUT2D eigenvalue weighted by Crippen LogP contribution is 2.30. The minimum atomic E-state index is -1.03. The van der Waals surface area contributed by atoms with Crippen molar-refractivity contribution in [2.75, 3.05) is 0 Å². The minimum absolute atomic E-state index is 0.0975. The molecule has 31 heavy (non-hydrogen) atoms. The number of hydrogen-bond acceptors (Lipinski definition) is 4. The van der Waals surface area contributed by atoms with Crippen molar-refractivity contribution >= 4 is 16.8 Å². The van der Waals surface area contributed by atoms with Crippen LogP contribution in [0.2, 0.25) is 0 Å². The zero-order chi connectivity index (χ0) is 22.1. The van der Waals surface area contributed by atoms with Gasteiger partial charge in [-0.2, -0.15) is 0 Å². The minimum Gasteiger partial charge on any atom is -0.393 e. The van der Waals surface area contributed by atoms with Crippen LogP contribution < -0.4 is 5.56 Å². The number of halogens is 1. The van der Waals surface area contributed by atoms with E-state index in [-0.39, 0.29) is 23.7 Å². The molecule has 1 aromatic heterocycles. The van der Waals surface area contributed by atoms with Crippen LogP contribution in [0.1, 0.15) is 43.9 Å². The standard InChI is InChI=1S/C25H26FNO4/c1-15(2)24-20-5-3-4-6-21(20)25(30)27(17-9-7-16(26)8-10-17)22(24)12-11-19-13-18(28)14-23(29)31-19/h3-12,15,18-19,23,28-29H,13-14H2,1-2H3/b12-11+/t18-,19-,23?/m1/s1. The maximum atomic E-state index is 13.6. The van der Waals surface area contributed by atoms with Crippen LogP contribution in [0.3, 0.4) is 0 Å². The maximum Gasteiger partial charge on any atom is 0.263 e. The second-order valence-electron chi connectivity index (χ2n) is 8.23. The SMILES string of the molecule is CC(C)c1c(/C=C/[C@@H]2C[C@@H](O)CC(O)O2)n(-c2ccc(F)cc2)c(=O)c2ccccc12. The Morgan fingerprint density at radius 2 is 1.74 bits per heavy atom. The van der Waals surface area contributed by atoms with E-state index in [0.29, 0.717) is 23.2 Å². The summed E-state index contributed by atoms with van der Waals surface area (Å²) in [6.45, 7) is 4.12. The summed E-state index contributed by atoms with van der Waals surface area (Å²) < 4.78 is 20.7. The first kappa shape index (κ1) is 21.4. The van der Waals surface area contributed by atoms with Crippen LogP contribution in [-0.2, 0) is 4.74 Å². The van der Waals surface area contributed by atoms with Crippen molar-refractivity contribution in [1.29, 1.82) is 0 Å². The van der Waals surface area contributed by atoms with E-state index in [1.54, 1.807) is 28.8 Å². The predicted octanol–water partition coefficient (Wildman–Crippen LogP) is 4.12. The molecule has 1 saturated heterocycles. The van der Waals surface area contributed by atoms with E-state index in [9.17, 15) is 19.4 Å². The molecule has 0 saturated carbocycles. The molecule has 2 aromatic carbocycles. The van der Waals surface area contributed by atoms with Gasteiger partial charge in [-0.1, -0.05) is 38.1 Å². The zero-order valence-corrected chi connectivity index (χ0v) is 17.5. The fraction of sp³-hybridized carbons (Fsp3) is 0.320. The van der Waals surface area contributed by atoms with Crippen LogP contribution >= 0.6 is 0 Å². The predicted molar refractivity (Wildman–Crippen MR) is 119 cm³/mol. The third kappa shape index (κ3) is 4.32. The lowest BCUT2D eigenvalue weighted by Gasteiger charge is -2.28. The summed E-state index contributed by atoms with van der Waals surface area (Å²) in [7, 11) is 0. The van der Waals surface area contributed by atoms with Gasteiger partial charge in [-0.05, 0) is 53.3 Å². The molecule has 1 fully saturated rings. The van der Waals surface area contributed by atoms with Crippen LogP contribution in [0.5, 0.6) is 0 Å². The lowest BCUT2D eigenvalue weighted by atomic mass is 9.93. The van der Waals surface area contributed by atoms with Crippen molar-refractivity contribution in [3.8, 4) is 5.69 Å². The summed E-state index contributed by atoms with van der Waals surface area (Å²) in [6.07, 6.45) is 1.94. The molecule has 0 amide bonds. The summed E-state index contributed by atoms with van der Waals surface area (Å²) in [5.41, 5.74) is 2.01. The molecule has 5 nitrogen and oxygen atoms in total. The molecule has 0 radical (unpaired) electrons. The molecular formula is C25H26FNO4. The first-order valence-corrected chi connectivity index (χ1v) is 10.5. The van der Waals surface area contributed by atoms with Gasteiger partial charge in [0.1, 0.15) is 5.82 Å². The van der Waals surface area contributed by atoms with Crippen molar-refractivity contribution in [2.45, 2.75) is 51.1 Å². The number of aliphatic hydroxyl groups is 2. The van der Waals surface area contributed by atoms with Gasteiger partial charge < -0.3 is 14.9 Å². The largest absolute Gasteiger partial charge is 0.393 e. The lowest BCUT2D eigenvalue weighted by Crippen LogP contribution is -2.34. The summed E-state index contributed by atoms with van der Waals surface area (Å²) in [5.74, 6) is -0.280. The van der Waals surface area contributed by atoms with E-state index in [4.69, 9.17) is 4.74 Å². The molecule has 162 valence electrons. The Morgan fingerprint density at radius 1 is 1.06 bits per heavy atom. The first-order chi connectivity index (χ1) is 14.8. The van der Waals surface area contributed by atoms with Crippen molar-refractivity contribution in [3.63, 3.8) is 0 Å². The van der Waals surface area contributed by atoms with Gasteiger partial charge in [0.05, 0.1) is 17.9 Å². The van der Waals surface area contributed by atoms with Crippen molar-refractivity contribution < 1.29 is 19.3 Å². The maximum absolute atomic E-state index is 13.6. The monoisotopic (exact) mass is 423 g/mol. The lowest BCUT2D eigenvalue weighted by molar-refractivity contribution is -0.175. The highest BCUT2D eigenvalue weighted by atomic mass is 19.1. The number of fused-ring (bicyclic) bond motifs is 1. The highest BCUT2D eigenvalue weighted by molar-refractivity contribution is 5.88. The molecule has 6 heteroatoms. The third-order valence-corrected chi connectivity index (χ3v) is 5.61. The molecule has 1 aliphatic rings. The fourth-order valence-electron chi connectivity index (χ4n) is 4.24. The number of aliphatic hydroxyl groups excluding tert-OH is 2. The molecule has 1 unspecified atom stereocenters. The van der Waals surface area contributed by atoms with Crippen molar-refractivity contribution in [2.24, 2.45) is 0 Å². The van der Waals surface area contributed by atoms with Gasteiger partial charge in [0.2, 0.25) is 0 Å². The molecule has 2 heterocycles. The average molecular weight is 423 g/mol. The number of nitrogens with zero attached hydrogens (tertiary/aromatic N) is 1. The highest BCUT2D eigenvalue weighted by Gasteiger charge is 2.26. The van der Waals surface area contributed by atoms with Gasteiger partial charge in [0, 0.05) is 23.9 Å². The number of aromatic nitrogens is 1. The van der Waals surface area contributed by atoms with Gasteiger partial charge in [0.25, 0.3) is 5.56 Å². The Morgan fingerprint density at radius 3 is 2.39 bits per heavy atom. The van der Waals surface area contributed by atoms with E-state index in [2.05, 4.69) is 13.8 Å². The van der Waals surface area contributed by atoms with Gasteiger partial charge in [-0.25, -0.2) is 4.39 Å². The van der Waals surface area contributed by atoms with E-state index in [1.165, 1.54) is 12.1 Å². The number of ether oxygens (including phenoxy) is 1. The van der Waals surface area contributed by atoms with Crippen LogP contribution in [0, 0.1) is 5.82 Å². The molecular weight excluding hydrogens is 397 g/mol. The van der Waals surface area contributed by atoms with Crippen LogP contribution in [0.15, 0.2) is 59.4 Å². The fourth-order valence-corrected chi connectivity index (χ4v) is 4.24. The Bertz CT molecular complexity index is 1160. The molecule has 3 aromatic rings. The number of hydrogen-bond donors (Lipinski definition) is 2. The van der Waals surface area contributed by atoms with Crippen LogP contribution in [0.25, 0.3) is 22.5 Å². The molecule has 3 atom stereocenters. The number of rotatable bonds is 4. The average Bonchev–Trinajstić information content (AvgIpc) is 2.72. The smallest absolute Gasteiger partial charge is 0.263 e. The van der Waals surface area contributed by atoms with Crippen molar-refractivity contribution in [3.05, 3.63) is 82.0 Å². The van der Waals surface area contributed by atoms with Crippen molar-refractivity contribution in [1.82, 2.24) is 4.57 Å². The molecule has 0 aliphatic carbocycles. The van der Waals surface area contributed by atoms with E-state index in [1.807, 2.05) is 24.3 Å². The Kier molecular flexibility index (Phi) is 6.05. The van der Waals surface area contributed by atoms with E-state index in [0.717, 1.165) is 10.9 Å². The van der Waals surface area contributed by atoms with Crippen LogP contribution in [0.4, 0.5) is 4.39 Å². The Hall–Kier alpha value is -2.80. The third-order valence-electron chi connectivity index (χ3n) is 5.61. The second kappa shape index (κ2) is 8.75. The summed E-state index contributed by atoms with van der Waals surface area (Å²) in [6, 6.07) is 13.3. The molecule has 4 rings (SSSR count). The summed E-state index contributed by atoms with van der Waals surface area (Å²) >= 11 is 0. The topological polar surface area (TPSA) is 71.7 Å². The molecule has 2 N–H and O–H groups in total. The number of benzene rings is 2. The molecule has 1 aliphatic heterocycles. The zero-order valence-electron chi connectivity index (χ0n) is 17.5. The Balaban J connectivity index is 1.95.